The zero-order valence-corrected chi connectivity index (χ0v) is 8.75. The van der Waals surface area contributed by atoms with Gasteiger partial charge in [-0.1, -0.05) is 11.6 Å². The number of anilines is 1. The Morgan fingerprint density at radius 1 is 1.47 bits per heavy atom. The van der Waals surface area contributed by atoms with Crippen molar-refractivity contribution in [2.24, 2.45) is 5.14 Å². The molecule has 1 aromatic carbocycles. The molecule has 0 aliphatic heterocycles. The summed E-state index contributed by atoms with van der Waals surface area (Å²) in [6.07, 6.45) is 0. The minimum Gasteiger partial charge on any atom is -0.264 e. The van der Waals surface area contributed by atoms with Crippen LogP contribution in [0.15, 0.2) is 18.2 Å². The van der Waals surface area contributed by atoms with E-state index >= 15 is 0 Å². The molecule has 0 saturated heterocycles. The number of nitrogens with two attached hydrogens (primary N) is 1. The molecule has 7 nitrogen and oxygen atoms in total. The quantitative estimate of drug-likeness (QED) is 0.612. The summed E-state index contributed by atoms with van der Waals surface area (Å²) in [5.41, 5.74) is -0.691. The first-order chi connectivity index (χ1) is 6.79. The van der Waals surface area contributed by atoms with Gasteiger partial charge in [-0.05, 0) is 12.1 Å². The Kier molecular flexibility index (Phi) is 3.12. The van der Waals surface area contributed by atoms with Crippen molar-refractivity contribution in [1.82, 2.24) is 0 Å². The van der Waals surface area contributed by atoms with E-state index < -0.39 is 20.8 Å². The van der Waals surface area contributed by atoms with Gasteiger partial charge in [0.15, 0.2) is 0 Å². The molecule has 0 spiro atoms. The second-order valence-corrected chi connectivity index (χ2v) is 4.30. The summed E-state index contributed by atoms with van der Waals surface area (Å²) in [7, 11) is -4.06. The third-order valence-electron chi connectivity index (χ3n) is 1.41. The average molecular weight is 252 g/mol. The Balaban J connectivity index is 3.25. The standard InChI is InChI=1S/C6H6ClN3O4S/c7-4-1-2-6(10(11)12)5(3-4)9-15(8,13)14/h1-3,9H,(H2,8,13,14). The van der Waals surface area contributed by atoms with Gasteiger partial charge >= 0.3 is 0 Å². The van der Waals surface area contributed by atoms with E-state index in [0.717, 1.165) is 12.1 Å². The number of hydrogen-bond donors (Lipinski definition) is 2. The van der Waals surface area contributed by atoms with Crippen molar-refractivity contribution in [2.45, 2.75) is 0 Å². The maximum Gasteiger partial charge on any atom is 0.296 e. The lowest BCUT2D eigenvalue weighted by molar-refractivity contribution is -0.383. The molecule has 3 N–H and O–H groups in total. The molecule has 0 bridgehead atoms. The van der Waals surface area contributed by atoms with E-state index in [2.05, 4.69) is 5.14 Å². The van der Waals surface area contributed by atoms with Gasteiger partial charge < -0.3 is 0 Å². The van der Waals surface area contributed by atoms with Gasteiger partial charge in [-0.2, -0.15) is 8.42 Å². The van der Waals surface area contributed by atoms with Crippen LogP contribution in [0.4, 0.5) is 11.4 Å². The molecule has 1 rings (SSSR count). The second kappa shape index (κ2) is 4.01. The summed E-state index contributed by atoms with van der Waals surface area (Å²) in [4.78, 5) is 9.76. The molecule has 0 atom stereocenters. The maximum atomic E-state index is 10.7. The van der Waals surface area contributed by atoms with Crippen molar-refractivity contribution in [2.75, 3.05) is 4.72 Å². The van der Waals surface area contributed by atoms with Crippen LogP contribution in [0, 0.1) is 10.1 Å². The lowest BCUT2D eigenvalue weighted by Crippen LogP contribution is -2.22. The Labute approximate surface area is 90.2 Å². The van der Waals surface area contributed by atoms with Crippen molar-refractivity contribution in [1.29, 1.82) is 0 Å². The highest BCUT2D eigenvalue weighted by Crippen LogP contribution is 2.27. The van der Waals surface area contributed by atoms with E-state index in [1.54, 1.807) is 4.72 Å². The van der Waals surface area contributed by atoms with Gasteiger partial charge in [-0.3, -0.25) is 14.8 Å². The molecule has 82 valence electrons. The Hall–Kier alpha value is -1.38. The molecule has 0 unspecified atom stereocenters. The largest absolute Gasteiger partial charge is 0.296 e. The fourth-order valence-electron chi connectivity index (χ4n) is 0.902. The van der Waals surface area contributed by atoms with Crippen molar-refractivity contribution in [3.05, 3.63) is 33.3 Å². The Morgan fingerprint density at radius 3 is 2.53 bits per heavy atom. The lowest BCUT2D eigenvalue weighted by Gasteiger charge is -2.04. The third kappa shape index (κ3) is 3.35. The lowest BCUT2D eigenvalue weighted by atomic mass is 10.3. The number of benzene rings is 1. The van der Waals surface area contributed by atoms with Gasteiger partial charge in [-0.25, -0.2) is 5.14 Å². The minimum atomic E-state index is -4.06. The number of nitrogens with one attached hydrogen (secondary N) is 1. The summed E-state index contributed by atoms with van der Waals surface area (Å²) in [5.74, 6) is 0. The topological polar surface area (TPSA) is 115 Å². The first-order valence-electron chi connectivity index (χ1n) is 3.54. The number of nitrogens with zero attached hydrogens (tertiary/aromatic N) is 1. The number of nitro benzene ring substituents is 1. The van der Waals surface area contributed by atoms with E-state index in [1.807, 2.05) is 0 Å². The summed E-state index contributed by atoms with van der Waals surface area (Å²) in [5, 5.41) is 15.3. The molecule has 9 heteroatoms. The van der Waals surface area contributed by atoms with E-state index in [-0.39, 0.29) is 10.7 Å². The molecule has 0 aromatic heterocycles. The fourth-order valence-corrected chi connectivity index (χ4v) is 1.54. The maximum absolute atomic E-state index is 10.7. The zero-order valence-electron chi connectivity index (χ0n) is 7.18. The van der Waals surface area contributed by atoms with Crippen molar-refractivity contribution in [3.8, 4) is 0 Å². The second-order valence-electron chi connectivity index (χ2n) is 2.57. The smallest absolute Gasteiger partial charge is 0.264 e. The highest BCUT2D eigenvalue weighted by molar-refractivity contribution is 7.90. The first kappa shape index (κ1) is 11.7. The zero-order chi connectivity index (χ0) is 11.6. The Bertz CT molecular complexity index is 501. The minimum absolute atomic E-state index is 0.159. The average Bonchev–Trinajstić information content (AvgIpc) is 1.99. The van der Waals surface area contributed by atoms with Crippen LogP contribution in [0.1, 0.15) is 0 Å². The molecule has 0 aliphatic rings. The van der Waals surface area contributed by atoms with Crippen LogP contribution in [0.5, 0.6) is 0 Å². The van der Waals surface area contributed by atoms with E-state index in [0.29, 0.717) is 0 Å². The molecule has 0 fully saturated rings. The van der Waals surface area contributed by atoms with E-state index in [4.69, 9.17) is 11.6 Å². The van der Waals surface area contributed by atoms with Crippen molar-refractivity contribution < 1.29 is 13.3 Å². The van der Waals surface area contributed by atoms with Crippen molar-refractivity contribution in [3.63, 3.8) is 0 Å². The third-order valence-corrected chi connectivity index (χ3v) is 2.15. The molecular formula is C6H6ClN3O4S. The Morgan fingerprint density at radius 2 is 2.07 bits per heavy atom. The van der Waals surface area contributed by atoms with E-state index in [9.17, 15) is 18.5 Å². The van der Waals surface area contributed by atoms with Gasteiger partial charge in [0.25, 0.3) is 15.9 Å². The predicted octanol–water partition coefficient (Wildman–Crippen LogP) is 0.864. The van der Waals surface area contributed by atoms with Crippen LogP contribution in [-0.4, -0.2) is 13.3 Å². The normalized spacial score (nSPS) is 11.1. The summed E-state index contributed by atoms with van der Waals surface area (Å²) < 4.78 is 23.2. The predicted molar refractivity (Wildman–Crippen MR) is 54.8 cm³/mol. The SMILES string of the molecule is NS(=O)(=O)Nc1cc(Cl)ccc1[N+](=O)[O-]. The van der Waals surface area contributed by atoms with Gasteiger partial charge in [0.1, 0.15) is 5.69 Å². The van der Waals surface area contributed by atoms with Crippen LogP contribution in [0.2, 0.25) is 5.02 Å². The monoisotopic (exact) mass is 251 g/mol. The van der Waals surface area contributed by atoms with E-state index in [1.165, 1.54) is 6.07 Å². The highest BCUT2D eigenvalue weighted by atomic mass is 35.5. The highest BCUT2D eigenvalue weighted by Gasteiger charge is 2.16. The molecule has 0 radical (unpaired) electrons. The fraction of sp³-hybridized carbons (Fsp3) is 0. The molecular weight excluding hydrogens is 246 g/mol. The first-order valence-corrected chi connectivity index (χ1v) is 5.46. The van der Waals surface area contributed by atoms with Crippen LogP contribution in [0.3, 0.4) is 0 Å². The molecule has 0 saturated carbocycles. The number of halogens is 1. The molecule has 0 heterocycles. The molecule has 0 aliphatic carbocycles. The van der Waals surface area contributed by atoms with Crippen LogP contribution >= 0.6 is 11.6 Å². The number of nitro groups is 1. The molecule has 15 heavy (non-hydrogen) atoms. The van der Waals surface area contributed by atoms with Crippen LogP contribution in [0.25, 0.3) is 0 Å². The van der Waals surface area contributed by atoms with Gasteiger partial charge in [0.05, 0.1) is 4.92 Å². The van der Waals surface area contributed by atoms with Crippen LogP contribution < -0.4 is 9.86 Å². The summed E-state index contributed by atoms with van der Waals surface area (Å²) in [6.45, 7) is 0. The van der Waals surface area contributed by atoms with Gasteiger partial charge in [0.2, 0.25) is 0 Å². The van der Waals surface area contributed by atoms with Crippen LogP contribution in [-0.2, 0) is 10.2 Å². The summed E-state index contributed by atoms with van der Waals surface area (Å²) >= 11 is 5.55. The number of rotatable bonds is 3. The number of hydrogen-bond acceptors (Lipinski definition) is 4. The summed E-state index contributed by atoms with van der Waals surface area (Å²) in [6, 6.07) is 3.45. The van der Waals surface area contributed by atoms with Gasteiger partial charge in [0, 0.05) is 11.1 Å². The molecule has 0 amide bonds. The van der Waals surface area contributed by atoms with Gasteiger partial charge in [-0.15, -0.1) is 0 Å². The molecule has 1 aromatic rings. The van der Waals surface area contributed by atoms with Crippen molar-refractivity contribution >= 4 is 33.2 Å².